The first-order chi connectivity index (χ1) is 8.20. The zero-order valence-electron chi connectivity index (χ0n) is 9.90. The van der Waals surface area contributed by atoms with Gasteiger partial charge in [0.05, 0.1) is 18.6 Å². The molecule has 0 aliphatic carbocycles. The summed E-state index contributed by atoms with van der Waals surface area (Å²) in [5.41, 5.74) is 0.155. The number of ketones is 1. The van der Waals surface area contributed by atoms with Crippen molar-refractivity contribution >= 4 is 5.78 Å². The summed E-state index contributed by atoms with van der Waals surface area (Å²) in [7, 11) is 0. The molecule has 100 valence electrons. The molecule has 0 aliphatic rings. The zero-order chi connectivity index (χ0) is 13.9. The highest BCUT2D eigenvalue weighted by Crippen LogP contribution is 2.25. The van der Waals surface area contributed by atoms with Gasteiger partial charge in [-0.25, -0.2) is 4.39 Å². The van der Waals surface area contributed by atoms with Crippen molar-refractivity contribution in [3.63, 3.8) is 0 Å². The van der Waals surface area contributed by atoms with Gasteiger partial charge in [0.1, 0.15) is 11.6 Å². The standard InChI is InChI=1S/C12H12F4O2/c1-7-5-11(18-4-3-12(14,15)16)9(8(2)17)6-10(7)13/h5-6H,3-4H2,1-2H3. The summed E-state index contributed by atoms with van der Waals surface area (Å²) in [6.07, 6.45) is -5.45. The lowest BCUT2D eigenvalue weighted by Gasteiger charge is -2.12. The maximum Gasteiger partial charge on any atom is 0.392 e. The highest BCUT2D eigenvalue weighted by molar-refractivity contribution is 5.96. The van der Waals surface area contributed by atoms with E-state index in [4.69, 9.17) is 4.74 Å². The van der Waals surface area contributed by atoms with Crippen LogP contribution in [0, 0.1) is 12.7 Å². The Morgan fingerprint density at radius 2 is 1.94 bits per heavy atom. The van der Waals surface area contributed by atoms with Crippen molar-refractivity contribution in [2.75, 3.05) is 6.61 Å². The van der Waals surface area contributed by atoms with Gasteiger partial charge in [-0.15, -0.1) is 0 Å². The van der Waals surface area contributed by atoms with Crippen LogP contribution in [0.2, 0.25) is 0 Å². The predicted octanol–water partition coefficient (Wildman–Crippen LogP) is 3.67. The summed E-state index contributed by atoms with van der Waals surface area (Å²) >= 11 is 0. The summed E-state index contributed by atoms with van der Waals surface area (Å²) in [5.74, 6) is -1.08. The molecule has 0 saturated heterocycles. The lowest BCUT2D eigenvalue weighted by atomic mass is 10.1. The molecule has 1 aromatic rings. The second kappa shape index (κ2) is 5.37. The average molecular weight is 264 g/mol. The monoisotopic (exact) mass is 264 g/mol. The first-order valence-electron chi connectivity index (χ1n) is 5.21. The number of hydrogen-bond donors (Lipinski definition) is 0. The molecule has 0 aliphatic heterocycles. The largest absolute Gasteiger partial charge is 0.492 e. The van der Waals surface area contributed by atoms with Crippen LogP contribution in [0.3, 0.4) is 0 Å². The third-order valence-corrected chi connectivity index (χ3v) is 2.28. The smallest absolute Gasteiger partial charge is 0.392 e. The van der Waals surface area contributed by atoms with Crippen molar-refractivity contribution < 1.29 is 27.1 Å². The SMILES string of the molecule is CC(=O)c1cc(F)c(C)cc1OCCC(F)(F)F. The maximum absolute atomic E-state index is 13.2. The summed E-state index contributed by atoms with van der Waals surface area (Å²) in [4.78, 5) is 11.2. The minimum atomic E-state index is -4.33. The maximum atomic E-state index is 13.2. The van der Waals surface area contributed by atoms with Crippen molar-refractivity contribution in [1.82, 2.24) is 0 Å². The molecule has 0 N–H and O–H groups in total. The first kappa shape index (κ1) is 14.5. The molecule has 0 bridgehead atoms. The number of hydrogen-bond acceptors (Lipinski definition) is 2. The molecule has 1 rings (SSSR count). The number of aryl methyl sites for hydroxylation is 1. The van der Waals surface area contributed by atoms with E-state index in [0.717, 1.165) is 6.07 Å². The number of ether oxygens (including phenoxy) is 1. The average Bonchev–Trinajstić information content (AvgIpc) is 2.20. The van der Waals surface area contributed by atoms with E-state index in [1.54, 1.807) is 0 Å². The van der Waals surface area contributed by atoms with E-state index in [1.165, 1.54) is 19.9 Å². The van der Waals surface area contributed by atoms with E-state index in [9.17, 15) is 22.4 Å². The van der Waals surface area contributed by atoms with E-state index in [-0.39, 0.29) is 16.9 Å². The number of Topliss-reactive ketones (excluding diaryl/α,β-unsaturated/α-hetero) is 1. The topological polar surface area (TPSA) is 26.3 Å². The van der Waals surface area contributed by atoms with Crippen LogP contribution in [0.15, 0.2) is 12.1 Å². The van der Waals surface area contributed by atoms with Crippen molar-refractivity contribution in [2.24, 2.45) is 0 Å². The second-order valence-corrected chi connectivity index (χ2v) is 3.87. The minimum Gasteiger partial charge on any atom is -0.492 e. The third kappa shape index (κ3) is 4.01. The fourth-order valence-electron chi connectivity index (χ4n) is 1.33. The van der Waals surface area contributed by atoms with Gasteiger partial charge in [-0.3, -0.25) is 4.79 Å². The van der Waals surface area contributed by atoms with Crippen molar-refractivity contribution in [3.8, 4) is 5.75 Å². The highest BCUT2D eigenvalue weighted by atomic mass is 19.4. The molecule has 0 aromatic heterocycles. The Bertz CT molecular complexity index is 452. The molecular formula is C12H12F4O2. The van der Waals surface area contributed by atoms with Gasteiger partial charge in [-0.05, 0) is 31.5 Å². The molecular weight excluding hydrogens is 252 g/mol. The number of rotatable bonds is 4. The Balaban J connectivity index is 2.87. The third-order valence-electron chi connectivity index (χ3n) is 2.28. The van der Waals surface area contributed by atoms with Crippen LogP contribution >= 0.6 is 0 Å². The molecule has 18 heavy (non-hydrogen) atoms. The van der Waals surface area contributed by atoms with Crippen LogP contribution in [0.4, 0.5) is 17.6 Å². The minimum absolute atomic E-state index is 0.0225. The molecule has 0 unspecified atom stereocenters. The van der Waals surface area contributed by atoms with Crippen LogP contribution < -0.4 is 4.74 Å². The van der Waals surface area contributed by atoms with Crippen LogP contribution in [-0.4, -0.2) is 18.6 Å². The Morgan fingerprint density at radius 3 is 2.44 bits per heavy atom. The molecule has 0 fully saturated rings. The van der Waals surface area contributed by atoms with Gasteiger partial charge in [0.2, 0.25) is 0 Å². The number of halogens is 4. The van der Waals surface area contributed by atoms with E-state index in [0.29, 0.717) is 0 Å². The number of alkyl halides is 3. The van der Waals surface area contributed by atoms with Gasteiger partial charge >= 0.3 is 6.18 Å². The molecule has 0 radical (unpaired) electrons. The van der Waals surface area contributed by atoms with Gasteiger partial charge in [-0.1, -0.05) is 0 Å². The van der Waals surface area contributed by atoms with Gasteiger partial charge in [0.15, 0.2) is 5.78 Å². The molecule has 0 atom stereocenters. The van der Waals surface area contributed by atoms with Gasteiger partial charge in [0.25, 0.3) is 0 Å². The number of carbonyl (C=O) groups excluding carboxylic acids is 1. The normalized spacial score (nSPS) is 11.4. The Morgan fingerprint density at radius 1 is 1.33 bits per heavy atom. The first-order valence-corrected chi connectivity index (χ1v) is 5.21. The fourth-order valence-corrected chi connectivity index (χ4v) is 1.33. The molecule has 1 aromatic carbocycles. The molecule has 0 heterocycles. The summed E-state index contributed by atoms with van der Waals surface area (Å²) in [6.45, 7) is 2.03. The summed E-state index contributed by atoms with van der Waals surface area (Å²) in [6, 6.07) is 2.20. The van der Waals surface area contributed by atoms with Crippen molar-refractivity contribution in [2.45, 2.75) is 26.4 Å². The Hall–Kier alpha value is -1.59. The predicted molar refractivity (Wildman–Crippen MR) is 57.3 cm³/mol. The van der Waals surface area contributed by atoms with Gasteiger partial charge < -0.3 is 4.74 Å². The number of carbonyl (C=O) groups is 1. The van der Waals surface area contributed by atoms with Crippen molar-refractivity contribution in [1.29, 1.82) is 0 Å². The summed E-state index contributed by atoms with van der Waals surface area (Å²) < 4.78 is 54.0. The van der Waals surface area contributed by atoms with Crippen LogP contribution in [0.5, 0.6) is 5.75 Å². The molecule has 6 heteroatoms. The lowest BCUT2D eigenvalue weighted by Crippen LogP contribution is -2.14. The quantitative estimate of drug-likeness (QED) is 0.612. The second-order valence-electron chi connectivity index (χ2n) is 3.87. The lowest BCUT2D eigenvalue weighted by molar-refractivity contribution is -0.139. The van der Waals surface area contributed by atoms with Crippen LogP contribution in [0.1, 0.15) is 29.3 Å². The van der Waals surface area contributed by atoms with E-state index < -0.39 is 30.8 Å². The van der Waals surface area contributed by atoms with E-state index in [2.05, 4.69) is 0 Å². The summed E-state index contributed by atoms with van der Waals surface area (Å²) in [5, 5.41) is 0. The highest BCUT2D eigenvalue weighted by Gasteiger charge is 2.27. The number of benzene rings is 1. The van der Waals surface area contributed by atoms with E-state index in [1.807, 2.05) is 0 Å². The van der Waals surface area contributed by atoms with Crippen LogP contribution in [-0.2, 0) is 0 Å². The molecule has 2 nitrogen and oxygen atoms in total. The fraction of sp³-hybridized carbons (Fsp3) is 0.417. The Labute approximate surface area is 102 Å². The van der Waals surface area contributed by atoms with Crippen molar-refractivity contribution in [3.05, 3.63) is 29.1 Å². The molecule has 0 spiro atoms. The van der Waals surface area contributed by atoms with Crippen LogP contribution in [0.25, 0.3) is 0 Å². The molecule has 0 saturated carbocycles. The Kier molecular flexibility index (Phi) is 4.32. The van der Waals surface area contributed by atoms with Gasteiger partial charge in [0, 0.05) is 0 Å². The zero-order valence-corrected chi connectivity index (χ0v) is 9.90. The molecule has 0 amide bonds. The van der Waals surface area contributed by atoms with E-state index >= 15 is 0 Å². The van der Waals surface area contributed by atoms with Gasteiger partial charge in [-0.2, -0.15) is 13.2 Å².